The lowest BCUT2D eigenvalue weighted by Gasteiger charge is -1.95. The zero-order valence-corrected chi connectivity index (χ0v) is 10.2. The molecule has 0 aliphatic rings. The van der Waals surface area contributed by atoms with E-state index in [-0.39, 0.29) is 5.75 Å². The number of benzene rings is 2. The average Bonchev–Trinajstić information content (AvgIpc) is 2.72. The molecule has 0 radical (unpaired) electrons. The van der Waals surface area contributed by atoms with Crippen LogP contribution in [-0.2, 0) is 0 Å². The maximum atomic E-state index is 9.47. The molecule has 0 bridgehead atoms. The summed E-state index contributed by atoms with van der Waals surface area (Å²) < 4.78 is 1.17. The fraction of sp³-hybridized carbons (Fsp3) is 0.0714. The van der Waals surface area contributed by atoms with E-state index in [0.29, 0.717) is 0 Å². The predicted octanol–water partition coefficient (Wildman–Crippen LogP) is 3.98. The summed E-state index contributed by atoms with van der Waals surface area (Å²) in [5, 5.41) is 10.4. The number of hydrogen-bond donors (Lipinski definition) is 1. The van der Waals surface area contributed by atoms with Crippen LogP contribution < -0.4 is 0 Å². The number of aryl methyl sites for hydroxylation is 1. The van der Waals surface area contributed by atoms with Gasteiger partial charge in [0.25, 0.3) is 0 Å². The number of thiazole rings is 1. The molecule has 0 saturated carbocycles. The maximum Gasteiger partial charge on any atom is 0.124 e. The third-order valence-corrected chi connectivity index (χ3v) is 3.72. The van der Waals surface area contributed by atoms with E-state index in [0.717, 1.165) is 16.1 Å². The van der Waals surface area contributed by atoms with Gasteiger partial charge in [-0.25, -0.2) is 4.98 Å². The van der Waals surface area contributed by atoms with Gasteiger partial charge in [-0.1, -0.05) is 18.2 Å². The van der Waals surface area contributed by atoms with Crippen LogP contribution in [0.15, 0.2) is 42.5 Å². The highest BCUT2D eigenvalue weighted by atomic mass is 32.1. The lowest BCUT2D eigenvalue weighted by molar-refractivity contribution is 0.475. The van der Waals surface area contributed by atoms with E-state index in [2.05, 4.69) is 30.1 Å². The van der Waals surface area contributed by atoms with E-state index < -0.39 is 0 Å². The molecular weight excluding hydrogens is 230 g/mol. The number of phenols is 1. The van der Waals surface area contributed by atoms with Gasteiger partial charge in [0, 0.05) is 5.56 Å². The summed E-state index contributed by atoms with van der Waals surface area (Å²) in [6.45, 7) is 2.06. The molecule has 2 aromatic carbocycles. The minimum atomic E-state index is 0.276. The summed E-state index contributed by atoms with van der Waals surface area (Å²) >= 11 is 1.65. The molecule has 0 aliphatic carbocycles. The Morgan fingerprint density at radius 3 is 2.82 bits per heavy atom. The second kappa shape index (κ2) is 3.86. The second-order valence-corrected chi connectivity index (χ2v) is 5.07. The molecule has 0 aliphatic heterocycles. The van der Waals surface area contributed by atoms with Crippen molar-refractivity contribution in [3.63, 3.8) is 0 Å². The minimum absolute atomic E-state index is 0.276. The smallest absolute Gasteiger partial charge is 0.124 e. The van der Waals surface area contributed by atoms with Crippen LogP contribution in [0, 0.1) is 6.92 Å². The summed E-state index contributed by atoms with van der Waals surface area (Å²) in [4.78, 5) is 4.59. The Hall–Kier alpha value is -1.87. The molecule has 1 N–H and O–H groups in total. The molecule has 1 heterocycles. The van der Waals surface area contributed by atoms with Gasteiger partial charge in [0.15, 0.2) is 0 Å². The van der Waals surface area contributed by atoms with Crippen molar-refractivity contribution in [2.75, 3.05) is 0 Å². The summed E-state index contributed by atoms with van der Waals surface area (Å²) in [6.07, 6.45) is 0. The van der Waals surface area contributed by atoms with Crippen molar-refractivity contribution in [1.82, 2.24) is 4.98 Å². The SMILES string of the molecule is Cc1ccc2sc(-c3cccc(O)c3)nc2c1. The van der Waals surface area contributed by atoms with Crippen LogP contribution in [0.4, 0.5) is 0 Å². The Balaban J connectivity index is 2.18. The quantitative estimate of drug-likeness (QED) is 0.699. The third-order valence-electron chi connectivity index (χ3n) is 2.64. The summed E-state index contributed by atoms with van der Waals surface area (Å²) in [7, 11) is 0. The zero-order valence-electron chi connectivity index (χ0n) is 9.34. The number of rotatable bonds is 1. The van der Waals surface area contributed by atoms with Crippen molar-refractivity contribution >= 4 is 21.6 Å². The second-order valence-electron chi connectivity index (χ2n) is 4.04. The van der Waals surface area contributed by atoms with Crippen molar-refractivity contribution in [3.8, 4) is 16.3 Å². The van der Waals surface area contributed by atoms with Crippen LogP contribution in [0.25, 0.3) is 20.8 Å². The molecular formula is C14H11NOS. The topological polar surface area (TPSA) is 33.1 Å². The first-order valence-corrected chi connectivity index (χ1v) is 6.20. The van der Waals surface area contributed by atoms with Crippen LogP contribution in [0.2, 0.25) is 0 Å². The highest BCUT2D eigenvalue weighted by Crippen LogP contribution is 2.31. The van der Waals surface area contributed by atoms with Crippen LogP contribution in [-0.4, -0.2) is 10.1 Å². The van der Waals surface area contributed by atoms with Gasteiger partial charge in [0.1, 0.15) is 10.8 Å². The predicted molar refractivity (Wildman–Crippen MR) is 71.5 cm³/mol. The summed E-state index contributed by atoms with van der Waals surface area (Å²) in [5.41, 5.74) is 3.20. The Kier molecular flexibility index (Phi) is 2.34. The first-order valence-electron chi connectivity index (χ1n) is 5.39. The number of aromatic nitrogens is 1. The molecule has 3 aromatic rings. The van der Waals surface area contributed by atoms with Gasteiger partial charge in [0.05, 0.1) is 10.2 Å². The normalized spacial score (nSPS) is 10.9. The van der Waals surface area contributed by atoms with Crippen molar-refractivity contribution in [3.05, 3.63) is 48.0 Å². The molecule has 0 fully saturated rings. The van der Waals surface area contributed by atoms with E-state index in [4.69, 9.17) is 0 Å². The Morgan fingerprint density at radius 1 is 1.12 bits per heavy atom. The first-order chi connectivity index (χ1) is 8.22. The van der Waals surface area contributed by atoms with E-state index in [1.54, 1.807) is 23.5 Å². The fourth-order valence-corrected chi connectivity index (χ4v) is 2.74. The Bertz CT molecular complexity index is 688. The molecule has 0 amide bonds. The molecule has 17 heavy (non-hydrogen) atoms. The number of hydrogen-bond acceptors (Lipinski definition) is 3. The van der Waals surface area contributed by atoms with Gasteiger partial charge in [-0.15, -0.1) is 11.3 Å². The van der Waals surface area contributed by atoms with Gasteiger partial charge < -0.3 is 5.11 Å². The molecule has 0 atom stereocenters. The van der Waals surface area contributed by atoms with E-state index in [1.807, 2.05) is 12.1 Å². The fourth-order valence-electron chi connectivity index (χ4n) is 1.80. The van der Waals surface area contributed by atoms with Crippen molar-refractivity contribution in [1.29, 1.82) is 0 Å². The number of aromatic hydroxyl groups is 1. The standard InChI is InChI=1S/C14H11NOS/c1-9-5-6-13-12(7-9)15-14(17-13)10-3-2-4-11(16)8-10/h2-8,16H,1H3. The Labute approximate surface area is 103 Å². The van der Waals surface area contributed by atoms with E-state index >= 15 is 0 Å². The van der Waals surface area contributed by atoms with Gasteiger partial charge in [-0.3, -0.25) is 0 Å². The van der Waals surface area contributed by atoms with Crippen molar-refractivity contribution in [2.45, 2.75) is 6.92 Å². The first kappa shape index (κ1) is 10.3. The highest BCUT2D eigenvalue weighted by Gasteiger charge is 2.06. The molecule has 1 aromatic heterocycles. The average molecular weight is 241 g/mol. The maximum absolute atomic E-state index is 9.47. The van der Waals surface area contributed by atoms with Gasteiger partial charge >= 0.3 is 0 Å². The lowest BCUT2D eigenvalue weighted by Crippen LogP contribution is -1.75. The summed E-state index contributed by atoms with van der Waals surface area (Å²) in [5.74, 6) is 0.276. The van der Waals surface area contributed by atoms with Gasteiger partial charge in [-0.2, -0.15) is 0 Å². The number of fused-ring (bicyclic) bond motifs is 1. The third kappa shape index (κ3) is 1.89. The minimum Gasteiger partial charge on any atom is -0.508 e. The summed E-state index contributed by atoms with van der Waals surface area (Å²) in [6, 6.07) is 13.5. The molecule has 0 unspecified atom stereocenters. The van der Waals surface area contributed by atoms with Crippen LogP contribution in [0.1, 0.15) is 5.56 Å². The van der Waals surface area contributed by atoms with Gasteiger partial charge in [-0.05, 0) is 36.8 Å². The van der Waals surface area contributed by atoms with Crippen LogP contribution >= 0.6 is 11.3 Å². The molecule has 3 rings (SSSR count). The number of nitrogens with zero attached hydrogens (tertiary/aromatic N) is 1. The monoisotopic (exact) mass is 241 g/mol. The highest BCUT2D eigenvalue weighted by molar-refractivity contribution is 7.21. The molecule has 84 valence electrons. The Morgan fingerprint density at radius 2 is 2.00 bits per heavy atom. The molecule has 0 spiro atoms. The lowest BCUT2D eigenvalue weighted by atomic mass is 10.2. The van der Waals surface area contributed by atoms with Crippen molar-refractivity contribution < 1.29 is 5.11 Å². The zero-order chi connectivity index (χ0) is 11.8. The largest absolute Gasteiger partial charge is 0.508 e. The van der Waals surface area contributed by atoms with Crippen molar-refractivity contribution in [2.24, 2.45) is 0 Å². The molecule has 0 saturated heterocycles. The van der Waals surface area contributed by atoms with E-state index in [1.165, 1.54) is 10.3 Å². The molecule has 2 nitrogen and oxygen atoms in total. The van der Waals surface area contributed by atoms with Gasteiger partial charge in [0.2, 0.25) is 0 Å². The molecule has 3 heteroatoms. The van der Waals surface area contributed by atoms with E-state index in [9.17, 15) is 5.11 Å². The van der Waals surface area contributed by atoms with Crippen LogP contribution in [0.3, 0.4) is 0 Å². The van der Waals surface area contributed by atoms with Crippen LogP contribution in [0.5, 0.6) is 5.75 Å². The number of phenolic OH excluding ortho intramolecular Hbond substituents is 1.